The van der Waals surface area contributed by atoms with Crippen molar-refractivity contribution in [2.75, 3.05) is 39.6 Å². The quantitative estimate of drug-likeness (QED) is 0.0399. The van der Waals surface area contributed by atoms with Crippen LogP contribution in [-0.4, -0.2) is 73.4 Å². The lowest BCUT2D eigenvalue weighted by atomic mass is 9.93. The SMILES string of the molecule is CCCCCCCCCCCCCCCC(C)(C)N(O)C(OCCC)(OCCC)C(OCCC)(OCCC)C(OCCC)OCCC. The molecule has 0 radical (unpaired) electrons. The Morgan fingerprint density at radius 2 is 0.787 bits per heavy atom. The first-order valence-electron chi connectivity index (χ1n) is 20.0. The van der Waals surface area contributed by atoms with E-state index >= 15 is 0 Å². The summed E-state index contributed by atoms with van der Waals surface area (Å²) in [5, 5.41) is 13.7. The second-order valence-corrected chi connectivity index (χ2v) is 13.8. The van der Waals surface area contributed by atoms with Crippen LogP contribution in [0, 0.1) is 0 Å². The fraction of sp³-hybridized carbons (Fsp3) is 1.00. The molecule has 0 amide bonds. The first-order chi connectivity index (χ1) is 22.7. The summed E-state index contributed by atoms with van der Waals surface area (Å²) in [4.78, 5) is 0. The van der Waals surface area contributed by atoms with Gasteiger partial charge in [-0.15, -0.1) is 5.06 Å². The van der Waals surface area contributed by atoms with Gasteiger partial charge in [0.1, 0.15) is 0 Å². The summed E-state index contributed by atoms with van der Waals surface area (Å²) in [5.74, 6) is -3.55. The molecule has 0 unspecified atom stereocenters. The van der Waals surface area contributed by atoms with Gasteiger partial charge in [0.15, 0.2) is 0 Å². The molecule has 1 N–H and O–H groups in total. The first-order valence-corrected chi connectivity index (χ1v) is 20.0. The molecule has 47 heavy (non-hydrogen) atoms. The molecule has 8 heteroatoms. The van der Waals surface area contributed by atoms with Crippen molar-refractivity contribution in [2.45, 2.75) is 214 Å². The van der Waals surface area contributed by atoms with Crippen LogP contribution in [0.2, 0.25) is 0 Å². The predicted octanol–water partition coefficient (Wildman–Crippen LogP) is 11.2. The van der Waals surface area contributed by atoms with Crippen LogP contribution >= 0.6 is 0 Å². The summed E-state index contributed by atoms with van der Waals surface area (Å²) in [5.41, 5.74) is -0.726. The highest BCUT2D eigenvalue weighted by Crippen LogP contribution is 2.44. The van der Waals surface area contributed by atoms with Crippen molar-refractivity contribution in [3.8, 4) is 0 Å². The number of rotatable bonds is 36. The lowest BCUT2D eigenvalue weighted by Gasteiger charge is -2.55. The van der Waals surface area contributed by atoms with Gasteiger partial charge in [0, 0.05) is 18.8 Å². The molecule has 0 aromatic rings. The van der Waals surface area contributed by atoms with Crippen LogP contribution in [-0.2, 0) is 28.4 Å². The minimum atomic E-state index is -1.84. The zero-order valence-corrected chi connectivity index (χ0v) is 32.8. The van der Waals surface area contributed by atoms with Gasteiger partial charge >= 0.3 is 5.91 Å². The summed E-state index contributed by atoms with van der Waals surface area (Å²) in [6.07, 6.45) is 21.1. The lowest BCUT2D eigenvalue weighted by Crippen LogP contribution is -2.76. The Balaban J connectivity index is 6.09. The summed E-state index contributed by atoms with van der Waals surface area (Å²) in [6, 6.07) is 0. The van der Waals surface area contributed by atoms with Gasteiger partial charge in [-0.2, -0.15) is 0 Å². The molecule has 0 aliphatic carbocycles. The van der Waals surface area contributed by atoms with E-state index in [-0.39, 0.29) is 0 Å². The van der Waals surface area contributed by atoms with Crippen molar-refractivity contribution in [1.29, 1.82) is 0 Å². The van der Waals surface area contributed by atoms with Gasteiger partial charge in [0.2, 0.25) is 6.29 Å². The van der Waals surface area contributed by atoms with Crippen LogP contribution in [0.25, 0.3) is 0 Å². The third-order valence-corrected chi connectivity index (χ3v) is 8.49. The maximum Gasteiger partial charge on any atom is 0.315 e. The Kier molecular flexibility index (Phi) is 29.2. The van der Waals surface area contributed by atoms with Crippen molar-refractivity contribution in [1.82, 2.24) is 5.06 Å². The van der Waals surface area contributed by atoms with E-state index in [2.05, 4.69) is 34.6 Å². The monoisotopic (exact) mass is 676 g/mol. The van der Waals surface area contributed by atoms with Gasteiger partial charge in [-0.25, -0.2) is 0 Å². The summed E-state index contributed by atoms with van der Waals surface area (Å²) >= 11 is 0. The van der Waals surface area contributed by atoms with Crippen molar-refractivity contribution < 1.29 is 33.6 Å². The Labute approximate surface area is 292 Å². The van der Waals surface area contributed by atoms with Gasteiger partial charge in [-0.1, -0.05) is 132 Å². The zero-order chi connectivity index (χ0) is 35.3. The Morgan fingerprint density at radius 1 is 0.447 bits per heavy atom. The number of nitrogens with zero attached hydrogens (tertiary/aromatic N) is 1. The smallest absolute Gasteiger partial charge is 0.315 e. The molecule has 0 aromatic heterocycles. The van der Waals surface area contributed by atoms with Gasteiger partial charge < -0.3 is 33.6 Å². The van der Waals surface area contributed by atoms with E-state index in [1.54, 1.807) is 0 Å². The molecule has 0 rings (SSSR count). The number of hydrogen-bond acceptors (Lipinski definition) is 8. The van der Waals surface area contributed by atoms with Crippen LogP contribution in [0.3, 0.4) is 0 Å². The molecule has 0 fully saturated rings. The van der Waals surface area contributed by atoms with Crippen LogP contribution < -0.4 is 0 Å². The lowest BCUT2D eigenvalue weighted by molar-refractivity contribution is -0.540. The zero-order valence-electron chi connectivity index (χ0n) is 32.8. The van der Waals surface area contributed by atoms with Crippen molar-refractivity contribution >= 4 is 0 Å². The molecule has 8 nitrogen and oxygen atoms in total. The van der Waals surface area contributed by atoms with E-state index in [1.165, 1.54) is 75.7 Å². The van der Waals surface area contributed by atoms with E-state index in [9.17, 15) is 5.21 Å². The number of hydroxylamine groups is 2. The minimum Gasteiger partial charge on any atom is -0.348 e. The molecule has 284 valence electrons. The van der Waals surface area contributed by atoms with Crippen LogP contribution in [0.15, 0.2) is 0 Å². The predicted molar refractivity (Wildman–Crippen MR) is 195 cm³/mol. The molecule has 0 saturated heterocycles. The summed E-state index contributed by atoms with van der Waals surface area (Å²) in [6.45, 7) is 20.9. The maximum absolute atomic E-state index is 12.5. The number of unbranched alkanes of at least 4 members (excludes halogenated alkanes) is 12. The minimum absolute atomic E-state index is 0.330. The second-order valence-electron chi connectivity index (χ2n) is 13.8. The average Bonchev–Trinajstić information content (AvgIpc) is 3.07. The number of ether oxygens (including phenoxy) is 6. The fourth-order valence-corrected chi connectivity index (χ4v) is 5.81. The first kappa shape index (κ1) is 46.7. The topological polar surface area (TPSA) is 78.9 Å². The fourth-order valence-electron chi connectivity index (χ4n) is 5.81. The average molecular weight is 676 g/mol. The normalized spacial score (nSPS) is 13.0. The third kappa shape index (κ3) is 17.4. The highest BCUT2D eigenvalue weighted by atomic mass is 16.9. The van der Waals surface area contributed by atoms with Crippen LogP contribution in [0.4, 0.5) is 0 Å². The van der Waals surface area contributed by atoms with E-state index in [0.29, 0.717) is 39.6 Å². The van der Waals surface area contributed by atoms with Gasteiger partial charge in [-0.3, -0.25) is 0 Å². The summed E-state index contributed by atoms with van der Waals surface area (Å²) < 4.78 is 39.6. The van der Waals surface area contributed by atoms with E-state index in [4.69, 9.17) is 28.4 Å². The number of hydrogen-bond donors (Lipinski definition) is 1. The van der Waals surface area contributed by atoms with E-state index in [0.717, 1.165) is 57.8 Å². The highest BCUT2D eigenvalue weighted by Gasteiger charge is 2.68. The molecule has 0 aromatic carbocycles. The van der Waals surface area contributed by atoms with Crippen LogP contribution in [0.1, 0.15) is 191 Å². The third-order valence-electron chi connectivity index (χ3n) is 8.49. The maximum atomic E-state index is 12.5. The van der Waals surface area contributed by atoms with Crippen molar-refractivity contribution in [3.05, 3.63) is 0 Å². The van der Waals surface area contributed by atoms with Gasteiger partial charge in [0.05, 0.1) is 26.4 Å². The molecule has 0 spiro atoms. The molecule has 0 aliphatic rings. The molecular formula is C39H81NO7. The van der Waals surface area contributed by atoms with E-state index in [1.807, 2.05) is 27.7 Å². The molecule has 0 bridgehead atoms. The van der Waals surface area contributed by atoms with Crippen LogP contribution in [0.5, 0.6) is 0 Å². The molecular weight excluding hydrogens is 594 g/mol. The van der Waals surface area contributed by atoms with Crippen molar-refractivity contribution in [3.63, 3.8) is 0 Å². The Bertz CT molecular complexity index is 654. The standard InChI is InChI=1S/C39H81NO7/c1-10-17-18-19-20-21-22-23-24-25-26-27-28-29-37(8,9)40(41)39(46-34-15-6,47-35-16-7)38(44-32-13-4,45-33-14-5)36(42-30-11-2)43-31-12-3/h36,41H,10-35H2,1-9H3. The summed E-state index contributed by atoms with van der Waals surface area (Å²) in [7, 11) is 0. The van der Waals surface area contributed by atoms with E-state index < -0.39 is 23.5 Å². The molecule has 0 saturated carbocycles. The Hall–Kier alpha value is -0.320. The molecule has 0 atom stereocenters. The largest absolute Gasteiger partial charge is 0.348 e. The molecule has 0 heterocycles. The Morgan fingerprint density at radius 3 is 1.15 bits per heavy atom. The highest BCUT2D eigenvalue weighted by molar-refractivity contribution is 4.96. The van der Waals surface area contributed by atoms with Gasteiger partial charge in [-0.05, 0) is 58.8 Å². The molecule has 0 aliphatic heterocycles. The second kappa shape index (κ2) is 29.4. The van der Waals surface area contributed by atoms with Crippen molar-refractivity contribution in [2.24, 2.45) is 0 Å². The van der Waals surface area contributed by atoms with Gasteiger partial charge in [0.25, 0.3) is 5.79 Å².